The average Bonchev–Trinajstić information content (AvgIpc) is 2.38. The Labute approximate surface area is 120 Å². The summed E-state index contributed by atoms with van der Waals surface area (Å²) in [5.41, 5.74) is 1.67. The van der Waals surface area contributed by atoms with Crippen molar-refractivity contribution in [2.45, 2.75) is 32.9 Å². The van der Waals surface area contributed by atoms with Crippen molar-refractivity contribution < 1.29 is 4.39 Å². The zero-order chi connectivity index (χ0) is 14.4. The molecule has 1 aromatic rings. The fourth-order valence-electron chi connectivity index (χ4n) is 2.09. The van der Waals surface area contributed by atoms with Crippen LogP contribution in [0.1, 0.15) is 32.4 Å². The Kier molecular flexibility index (Phi) is 6.66. The molecule has 0 saturated heterocycles. The lowest BCUT2D eigenvalue weighted by molar-refractivity contribution is 0.579. The number of benzene rings is 1. The molecule has 2 nitrogen and oxygen atoms in total. The van der Waals surface area contributed by atoms with Crippen molar-refractivity contribution in [1.82, 2.24) is 5.32 Å². The molecule has 4 heteroatoms. The predicted molar refractivity (Wildman–Crippen MR) is 84.7 cm³/mol. The number of hydrogen-bond donors (Lipinski definition) is 1. The van der Waals surface area contributed by atoms with Crippen LogP contribution >= 0.6 is 11.8 Å². The third kappa shape index (κ3) is 4.39. The second-order valence-electron chi connectivity index (χ2n) is 4.91. The molecule has 0 aromatic heterocycles. The highest BCUT2D eigenvalue weighted by Gasteiger charge is 2.15. The minimum absolute atomic E-state index is 0.141. The average molecular weight is 284 g/mol. The molecule has 19 heavy (non-hydrogen) atoms. The normalized spacial score (nSPS) is 14.2. The molecule has 0 spiro atoms. The van der Waals surface area contributed by atoms with Gasteiger partial charge in [0.2, 0.25) is 0 Å². The van der Waals surface area contributed by atoms with E-state index in [9.17, 15) is 4.39 Å². The smallest absolute Gasteiger partial charge is 0.146 e. The van der Waals surface area contributed by atoms with Gasteiger partial charge in [-0.25, -0.2) is 4.39 Å². The molecule has 0 bridgehead atoms. The molecular formula is C15H25FN2S. The summed E-state index contributed by atoms with van der Waals surface area (Å²) in [4.78, 5) is 2.01. The highest BCUT2D eigenvalue weighted by molar-refractivity contribution is 7.98. The first-order valence-corrected chi connectivity index (χ1v) is 8.15. The summed E-state index contributed by atoms with van der Waals surface area (Å²) in [5, 5.41) is 3.30. The molecule has 0 heterocycles. The molecule has 0 aliphatic carbocycles. The monoisotopic (exact) mass is 284 g/mol. The molecule has 108 valence electrons. The van der Waals surface area contributed by atoms with Crippen molar-refractivity contribution in [3.8, 4) is 0 Å². The van der Waals surface area contributed by atoms with Crippen LogP contribution in [0.2, 0.25) is 0 Å². The van der Waals surface area contributed by atoms with Crippen molar-refractivity contribution >= 4 is 17.4 Å². The first kappa shape index (κ1) is 16.3. The zero-order valence-electron chi connectivity index (χ0n) is 12.5. The lowest BCUT2D eigenvalue weighted by Crippen LogP contribution is -2.31. The molecular weight excluding hydrogens is 259 g/mol. The third-order valence-electron chi connectivity index (χ3n) is 3.43. The van der Waals surface area contributed by atoms with Gasteiger partial charge in [0.05, 0.1) is 5.69 Å². The lowest BCUT2D eigenvalue weighted by Gasteiger charge is -2.27. The van der Waals surface area contributed by atoms with E-state index in [2.05, 4.69) is 32.3 Å². The summed E-state index contributed by atoms with van der Waals surface area (Å²) in [6.45, 7) is 7.11. The van der Waals surface area contributed by atoms with E-state index < -0.39 is 0 Å². The highest BCUT2D eigenvalue weighted by atomic mass is 32.2. The first-order chi connectivity index (χ1) is 9.01. The largest absolute Gasteiger partial charge is 0.369 e. The van der Waals surface area contributed by atoms with Crippen molar-refractivity contribution in [3.63, 3.8) is 0 Å². The van der Waals surface area contributed by atoms with Crippen LogP contribution in [0, 0.1) is 5.82 Å². The maximum Gasteiger partial charge on any atom is 0.146 e. The van der Waals surface area contributed by atoms with E-state index in [1.807, 2.05) is 24.1 Å². The Morgan fingerprint density at radius 2 is 2.05 bits per heavy atom. The van der Waals surface area contributed by atoms with Gasteiger partial charge in [-0.05, 0) is 44.3 Å². The van der Waals surface area contributed by atoms with E-state index in [4.69, 9.17) is 0 Å². The molecule has 1 aromatic carbocycles. The van der Waals surface area contributed by atoms with Gasteiger partial charge in [-0.15, -0.1) is 0 Å². The Morgan fingerprint density at radius 3 is 2.58 bits per heavy atom. The number of nitrogens with one attached hydrogen (secondary N) is 1. The van der Waals surface area contributed by atoms with Crippen LogP contribution < -0.4 is 10.2 Å². The minimum Gasteiger partial charge on any atom is -0.369 e. The fraction of sp³-hybridized carbons (Fsp3) is 0.600. The Bertz CT molecular complexity index is 398. The molecule has 1 rings (SSSR count). The molecule has 0 saturated carbocycles. The van der Waals surface area contributed by atoms with Gasteiger partial charge >= 0.3 is 0 Å². The maximum absolute atomic E-state index is 14.2. The fourth-order valence-corrected chi connectivity index (χ4v) is 2.80. The maximum atomic E-state index is 14.2. The summed E-state index contributed by atoms with van der Waals surface area (Å²) in [7, 11) is 1.95. The number of rotatable bonds is 7. The van der Waals surface area contributed by atoms with Crippen molar-refractivity contribution in [2.24, 2.45) is 0 Å². The molecule has 2 unspecified atom stereocenters. The predicted octanol–water partition coefficient (Wildman–Crippen LogP) is 3.68. The third-order valence-corrected chi connectivity index (χ3v) is 4.25. The van der Waals surface area contributed by atoms with Crippen molar-refractivity contribution in [2.75, 3.05) is 30.5 Å². The zero-order valence-corrected chi connectivity index (χ0v) is 13.4. The number of thioether (sulfide) groups is 1. The van der Waals surface area contributed by atoms with E-state index in [-0.39, 0.29) is 11.9 Å². The lowest BCUT2D eigenvalue weighted by atomic mass is 10.1. The van der Waals surface area contributed by atoms with Gasteiger partial charge in [0, 0.05) is 24.9 Å². The van der Waals surface area contributed by atoms with Crippen LogP contribution in [0.5, 0.6) is 0 Å². The van der Waals surface area contributed by atoms with E-state index in [0.717, 1.165) is 17.9 Å². The quantitative estimate of drug-likeness (QED) is 0.822. The summed E-state index contributed by atoms with van der Waals surface area (Å²) < 4.78 is 14.2. The Hall–Kier alpha value is -0.740. The van der Waals surface area contributed by atoms with Gasteiger partial charge in [-0.3, -0.25) is 0 Å². The second kappa shape index (κ2) is 7.75. The molecule has 0 aliphatic heterocycles. The van der Waals surface area contributed by atoms with Gasteiger partial charge < -0.3 is 10.2 Å². The van der Waals surface area contributed by atoms with Gasteiger partial charge in [-0.2, -0.15) is 11.8 Å². The van der Waals surface area contributed by atoms with E-state index in [0.29, 0.717) is 11.7 Å². The molecule has 0 amide bonds. The molecule has 0 aliphatic rings. The molecule has 0 radical (unpaired) electrons. The Balaban J connectivity index is 2.87. The first-order valence-electron chi connectivity index (χ1n) is 6.75. The van der Waals surface area contributed by atoms with Crippen LogP contribution in [0.3, 0.4) is 0 Å². The number of nitrogens with zero attached hydrogens (tertiary/aromatic N) is 1. The number of anilines is 1. The van der Waals surface area contributed by atoms with Crippen LogP contribution in [0.4, 0.5) is 10.1 Å². The minimum atomic E-state index is -0.141. The van der Waals surface area contributed by atoms with E-state index in [1.165, 1.54) is 0 Å². The van der Waals surface area contributed by atoms with Crippen LogP contribution in [0.15, 0.2) is 18.2 Å². The van der Waals surface area contributed by atoms with Crippen molar-refractivity contribution in [3.05, 3.63) is 29.6 Å². The second-order valence-corrected chi connectivity index (χ2v) is 5.82. The number of halogens is 1. The van der Waals surface area contributed by atoms with Crippen molar-refractivity contribution in [1.29, 1.82) is 0 Å². The van der Waals surface area contributed by atoms with Gasteiger partial charge in [0.15, 0.2) is 0 Å². The molecule has 0 fully saturated rings. The van der Waals surface area contributed by atoms with Gasteiger partial charge in [0.1, 0.15) is 5.82 Å². The van der Waals surface area contributed by atoms with Crippen LogP contribution in [0.25, 0.3) is 0 Å². The van der Waals surface area contributed by atoms with Gasteiger partial charge in [0.25, 0.3) is 0 Å². The van der Waals surface area contributed by atoms with E-state index >= 15 is 0 Å². The number of hydrogen-bond acceptors (Lipinski definition) is 3. The topological polar surface area (TPSA) is 15.3 Å². The SMILES string of the molecule is CCNC(C)c1ccc(N(C)C(C)CSC)c(F)c1. The molecule has 1 N–H and O–H groups in total. The summed E-state index contributed by atoms with van der Waals surface area (Å²) in [5.74, 6) is 0.851. The summed E-state index contributed by atoms with van der Waals surface area (Å²) in [6, 6.07) is 6.04. The van der Waals surface area contributed by atoms with Gasteiger partial charge in [-0.1, -0.05) is 13.0 Å². The summed E-state index contributed by atoms with van der Waals surface area (Å²) in [6.07, 6.45) is 2.07. The standard InChI is InChI=1S/C15H25FN2S/c1-6-17-12(3)13-7-8-15(14(16)9-13)18(4)11(2)10-19-5/h7-9,11-12,17H,6,10H2,1-5H3. The Morgan fingerprint density at radius 1 is 1.37 bits per heavy atom. The van der Waals surface area contributed by atoms with Crippen LogP contribution in [-0.4, -0.2) is 31.6 Å². The molecule has 2 atom stereocenters. The highest BCUT2D eigenvalue weighted by Crippen LogP contribution is 2.24. The van der Waals surface area contributed by atoms with E-state index in [1.54, 1.807) is 17.8 Å². The van der Waals surface area contributed by atoms with Crippen LogP contribution in [-0.2, 0) is 0 Å². The summed E-state index contributed by atoms with van der Waals surface area (Å²) >= 11 is 1.78.